The third-order valence-electron chi connectivity index (χ3n) is 5.71. The maximum Gasteiger partial charge on any atom is 0.416 e. The number of alkyl halides is 3. The molecular weight excluding hydrogens is 463 g/mol. The van der Waals surface area contributed by atoms with Gasteiger partial charge in [0.1, 0.15) is 6.04 Å². The molecule has 1 aliphatic heterocycles. The number of allylic oxidation sites excluding steroid dienone is 1. The van der Waals surface area contributed by atoms with Gasteiger partial charge in [-0.3, -0.25) is 4.90 Å². The molecule has 35 heavy (non-hydrogen) atoms. The van der Waals surface area contributed by atoms with Gasteiger partial charge < -0.3 is 4.74 Å². The fourth-order valence-electron chi connectivity index (χ4n) is 4.15. The highest BCUT2D eigenvalue weighted by Crippen LogP contribution is 2.43. The largest absolute Gasteiger partial charge is 0.466 e. The number of halogens is 3. The number of carbonyl (C=O) groups excluding carboxylic acids is 1. The van der Waals surface area contributed by atoms with Crippen LogP contribution in [0.1, 0.15) is 35.2 Å². The third-order valence-corrected chi connectivity index (χ3v) is 5.71. The Kier molecular flexibility index (Phi) is 5.82. The first-order valence-corrected chi connectivity index (χ1v) is 10.2. The topological polar surface area (TPSA) is 104 Å². The Hall–Kier alpha value is -4.59. The van der Waals surface area contributed by atoms with Crippen LogP contribution in [0.2, 0.25) is 0 Å². The van der Waals surface area contributed by atoms with Gasteiger partial charge in [0.2, 0.25) is 5.95 Å². The van der Waals surface area contributed by atoms with Crippen molar-refractivity contribution >= 4 is 23.7 Å². The fourth-order valence-corrected chi connectivity index (χ4v) is 4.15. The molecule has 0 aliphatic carbocycles. The Morgan fingerprint density at radius 2 is 2.03 bits per heavy atom. The number of nitrogens with one attached hydrogen (secondary N) is 1. The van der Waals surface area contributed by atoms with Crippen molar-refractivity contribution in [3.05, 3.63) is 93.1 Å². The van der Waals surface area contributed by atoms with E-state index in [1.54, 1.807) is 12.1 Å². The molecule has 0 saturated heterocycles. The summed E-state index contributed by atoms with van der Waals surface area (Å²) >= 11 is 0. The number of benzene rings is 2. The molecule has 0 amide bonds. The minimum atomic E-state index is -4.61. The van der Waals surface area contributed by atoms with Crippen LogP contribution in [0.3, 0.4) is 0 Å². The van der Waals surface area contributed by atoms with Gasteiger partial charge in [0.05, 0.1) is 29.9 Å². The van der Waals surface area contributed by atoms with Gasteiger partial charge in [-0.15, -0.1) is 5.10 Å². The van der Waals surface area contributed by atoms with Crippen molar-refractivity contribution in [3.8, 4) is 6.07 Å². The number of nitrogens with zero attached hydrogens (tertiary/aromatic N) is 4. The van der Waals surface area contributed by atoms with Gasteiger partial charge in [0.15, 0.2) is 0 Å². The van der Waals surface area contributed by atoms with Gasteiger partial charge in [-0.25, -0.2) is 19.3 Å². The number of hydrogen-bond donors (Lipinski definition) is 1. The molecule has 1 aromatic heterocycles. The van der Waals surface area contributed by atoms with E-state index in [1.807, 2.05) is 6.07 Å². The van der Waals surface area contributed by atoms with Gasteiger partial charge in [-0.2, -0.15) is 18.4 Å². The number of aromatic amines is 1. The number of rotatable bonds is 4. The second kappa shape index (κ2) is 8.64. The van der Waals surface area contributed by atoms with Crippen molar-refractivity contribution in [1.82, 2.24) is 14.8 Å². The van der Waals surface area contributed by atoms with E-state index in [0.717, 1.165) is 23.8 Å². The van der Waals surface area contributed by atoms with Gasteiger partial charge in [0, 0.05) is 11.4 Å². The van der Waals surface area contributed by atoms with E-state index >= 15 is 0 Å². The minimum Gasteiger partial charge on any atom is -0.466 e. The first-order valence-electron chi connectivity index (χ1n) is 10.2. The molecule has 1 N–H and O–H groups in total. The molecule has 1 unspecified atom stereocenters. The highest BCUT2D eigenvalue weighted by Gasteiger charge is 2.40. The Morgan fingerprint density at radius 1 is 1.29 bits per heavy atom. The normalized spacial score (nSPS) is 15.4. The van der Waals surface area contributed by atoms with Gasteiger partial charge >= 0.3 is 17.8 Å². The predicted octanol–water partition coefficient (Wildman–Crippen LogP) is 4.29. The second-order valence-electron chi connectivity index (χ2n) is 7.64. The predicted molar refractivity (Wildman–Crippen MR) is 121 cm³/mol. The number of anilines is 2. The molecule has 0 fully saturated rings. The number of aromatic nitrogens is 3. The molecule has 0 spiro atoms. The summed E-state index contributed by atoms with van der Waals surface area (Å²) in [7, 11) is 1.16. The number of hydrogen-bond acceptors (Lipinski definition) is 6. The van der Waals surface area contributed by atoms with Crippen LogP contribution in [0.5, 0.6) is 0 Å². The van der Waals surface area contributed by atoms with Crippen LogP contribution >= 0.6 is 0 Å². The van der Waals surface area contributed by atoms with E-state index in [0.29, 0.717) is 16.7 Å². The molecule has 178 valence electrons. The Morgan fingerprint density at radius 3 is 2.66 bits per heavy atom. The number of nitriles is 1. The fraction of sp³-hybridized carbons (Fsp3) is 0.167. The first kappa shape index (κ1) is 23.6. The lowest BCUT2D eigenvalue weighted by Gasteiger charge is -2.36. The molecule has 3 aromatic rings. The monoisotopic (exact) mass is 481 g/mol. The average molecular weight is 481 g/mol. The van der Waals surface area contributed by atoms with E-state index in [-0.39, 0.29) is 22.9 Å². The van der Waals surface area contributed by atoms with Crippen LogP contribution in [0, 0.1) is 11.3 Å². The SMILES string of the molecule is C=Cc1cc(C#N)ccc1C1C(C(=O)OC)=C(C)N(c2cccc(C(F)(F)F)c2)c2n[nH]c(=O)n21. The Labute approximate surface area is 197 Å². The summed E-state index contributed by atoms with van der Waals surface area (Å²) in [5, 5.41) is 15.6. The third kappa shape index (κ3) is 3.89. The van der Waals surface area contributed by atoms with E-state index in [1.165, 1.54) is 36.1 Å². The van der Waals surface area contributed by atoms with Gasteiger partial charge in [0.25, 0.3) is 0 Å². The lowest BCUT2D eigenvalue weighted by atomic mass is 9.90. The Balaban J connectivity index is 2.04. The molecule has 0 bridgehead atoms. The van der Waals surface area contributed by atoms with Crippen LogP contribution < -0.4 is 10.6 Å². The van der Waals surface area contributed by atoms with E-state index < -0.39 is 29.4 Å². The first-order chi connectivity index (χ1) is 16.6. The molecule has 1 aliphatic rings. The summed E-state index contributed by atoms with van der Waals surface area (Å²) in [5.74, 6) is -0.813. The number of methoxy groups -OCH3 is 1. The molecule has 2 heterocycles. The van der Waals surface area contributed by atoms with Crippen LogP contribution in [0.25, 0.3) is 6.08 Å². The molecule has 1 atom stereocenters. The lowest BCUT2D eigenvalue weighted by Crippen LogP contribution is -2.38. The highest BCUT2D eigenvalue weighted by molar-refractivity contribution is 5.94. The standard InChI is InChI=1S/C24H18F3N5O3/c1-4-15-10-14(12-28)8-9-18(15)20-19(21(33)35-3)13(2)31(22-29-30-23(34)32(20)22)17-7-5-6-16(11-17)24(25,26)27/h4-11,20H,1H2,2-3H3,(H,30,34). The molecule has 2 aromatic carbocycles. The zero-order chi connectivity index (χ0) is 25.5. The second-order valence-corrected chi connectivity index (χ2v) is 7.64. The molecular formula is C24H18F3N5O3. The van der Waals surface area contributed by atoms with E-state index in [9.17, 15) is 28.0 Å². The summed E-state index contributed by atoms with van der Waals surface area (Å²) < 4.78 is 46.4. The van der Waals surface area contributed by atoms with E-state index in [4.69, 9.17) is 4.74 Å². The number of fused-ring (bicyclic) bond motifs is 1. The molecule has 4 rings (SSSR count). The van der Waals surface area contributed by atoms with E-state index in [2.05, 4.69) is 16.8 Å². The van der Waals surface area contributed by atoms with Crippen molar-refractivity contribution in [2.45, 2.75) is 19.1 Å². The molecule has 8 nitrogen and oxygen atoms in total. The van der Waals surface area contributed by atoms with Crippen LogP contribution in [-0.4, -0.2) is 27.8 Å². The summed E-state index contributed by atoms with van der Waals surface area (Å²) in [6, 6.07) is 10.1. The molecule has 0 saturated carbocycles. The van der Waals surface area contributed by atoms with Crippen molar-refractivity contribution in [3.63, 3.8) is 0 Å². The average Bonchev–Trinajstić information content (AvgIpc) is 3.22. The number of H-pyrrole nitrogens is 1. The maximum absolute atomic E-state index is 13.4. The maximum atomic E-state index is 13.4. The minimum absolute atomic E-state index is 0.00807. The number of ether oxygens (including phenoxy) is 1. The zero-order valence-electron chi connectivity index (χ0n) is 18.6. The van der Waals surface area contributed by atoms with Gasteiger partial charge in [-0.05, 0) is 48.4 Å². The van der Waals surface area contributed by atoms with Crippen molar-refractivity contribution in [2.24, 2.45) is 0 Å². The van der Waals surface area contributed by atoms with Crippen LogP contribution in [-0.2, 0) is 15.7 Å². The zero-order valence-corrected chi connectivity index (χ0v) is 18.6. The van der Waals surface area contributed by atoms with Crippen molar-refractivity contribution in [1.29, 1.82) is 5.26 Å². The van der Waals surface area contributed by atoms with Crippen LogP contribution in [0.15, 0.2) is 65.1 Å². The quantitative estimate of drug-likeness (QED) is 0.558. The van der Waals surface area contributed by atoms with Crippen molar-refractivity contribution in [2.75, 3.05) is 12.0 Å². The van der Waals surface area contributed by atoms with Crippen molar-refractivity contribution < 1.29 is 22.7 Å². The van der Waals surface area contributed by atoms with Gasteiger partial charge in [-0.1, -0.05) is 24.8 Å². The van der Waals surface area contributed by atoms with Crippen LogP contribution in [0.4, 0.5) is 24.8 Å². The summed E-state index contributed by atoms with van der Waals surface area (Å²) in [5.41, 5.74) is -0.0700. The lowest BCUT2D eigenvalue weighted by molar-refractivity contribution is -0.138. The Bertz CT molecular complexity index is 1480. The summed E-state index contributed by atoms with van der Waals surface area (Å²) in [4.78, 5) is 27.2. The highest BCUT2D eigenvalue weighted by atomic mass is 19.4. The summed E-state index contributed by atoms with van der Waals surface area (Å²) in [6.07, 6.45) is -3.13. The number of carbonyl (C=O) groups is 1. The molecule has 0 radical (unpaired) electrons. The summed E-state index contributed by atoms with van der Waals surface area (Å²) in [6.45, 7) is 5.29. The number of esters is 1. The molecule has 11 heteroatoms. The smallest absolute Gasteiger partial charge is 0.416 e.